The Labute approximate surface area is 156 Å². The molecule has 3 saturated heterocycles. The van der Waals surface area contributed by atoms with Gasteiger partial charge in [0.15, 0.2) is 0 Å². The maximum atomic E-state index is 13.2. The standard InChI is InChI=1S/C20H20N2O5/c1-19-6-7-20(2,27-19)15-14(19)17(23)22(18(15)24)11-4-5-12(13(10-11)25-3)16-21-8-9-26-16/h4-5,8-10,14-15H,6-7H2,1-3H3/t14-,15+,19-,20?/m1/s1. The lowest BCUT2D eigenvalue weighted by Gasteiger charge is -2.27. The van der Waals surface area contributed by atoms with Crippen molar-refractivity contribution in [1.29, 1.82) is 0 Å². The molecule has 7 nitrogen and oxygen atoms in total. The summed E-state index contributed by atoms with van der Waals surface area (Å²) in [7, 11) is 1.53. The Balaban J connectivity index is 1.56. The number of methoxy groups -OCH3 is 1. The van der Waals surface area contributed by atoms with Gasteiger partial charge in [-0.05, 0) is 38.8 Å². The van der Waals surface area contributed by atoms with E-state index in [1.165, 1.54) is 18.3 Å². The third-order valence-electron chi connectivity index (χ3n) is 6.31. The molecule has 3 fully saturated rings. The van der Waals surface area contributed by atoms with Gasteiger partial charge in [-0.2, -0.15) is 0 Å². The molecule has 2 amide bonds. The van der Waals surface area contributed by atoms with E-state index in [1.807, 2.05) is 13.8 Å². The molecule has 5 rings (SSSR count). The first-order chi connectivity index (χ1) is 12.9. The summed E-state index contributed by atoms with van der Waals surface area (Å²) in [6.07, 6.45) is 4.62. The lowest BCUT2D eigenvalue weighted by molar-refractivity contribution is -0.129. The van der Waals surface area contributed by atoms with Crippen molar-refractivity contribution in [3.63, 3.8) is 0 Å². The molecular formula is C20H20N2O5. The van der Waals surface area contributed by atoms with Crippen molar-refractivity contribution in [2.45, 2.75) is 37.9 Å². The number of hydrogen-bond acceptors (Lipinski definition) is 6. The van der Waals surface area contributed by atoms with Crippen LogP contribution in [0.1, 0.15) is 26.7 Å². The summed E-state index contributed by atoms with van der Waals surface area (Å²) in [6, 6.07) is 5.17. The van der Waals surface area contributed by atoms with Crippen LogP contribution in [0.4, 0.5) is 5.69 Å². The average Bonchev–Trinajstić information content (AvgIpc) is 3.37. The van der Waals surface area contributed by atoms with Gasteiger partial charge in [-0.3, -0.25) is 9.59 Å². The first kappa shape index (κ1) is 16.5. The monoisotopic (exact) mass is 368 g/mol. The largest absolute Gasteiger partial charge is 0.496 e. The summed E-state index contributed by atoms with van der Waals surface area (Å²) < 4.78 is 16.9. The van der Waals surface area contributed by atoms with E-state index in [4.69, 9.17) is 13.9 Å². The molecule has 3 aliphatic rings. The topological polar surface area (TPSA) is 81.9 Å². The second-order valence-corrected chi connectivity index (χ2v) is 7.92. The van der Waals surface area contributed by atoms with E-state index in [2.05, 4.69) is 4.98 Å². The Morgan fingerprint density at radius 3 is 2.37 bits per heavy atom. The van der Waals surface area contributed by atoms with Gasteiger partial charge in [0.25, 0.3) is 0 Å². The number of fused-ring (bicyclic) bond motifs is 5. The SMILES string of the molecule is COc1cc(N2C(=O)[C@@H]3[C@H](C2=O)[C@@]2(C)CCC3(C)O2)ccc1-c1ncco1. The maximum Gasteiger partial charge on any atom is 0.240 e. The van der Waals surface area contributed by atoms with E-state index >= 15 is 0 Å². The quantitative estimate of drug-likeness (QED) is 0.775. The highest BCUT2D eigenvalue weighted by atomic mass is 16.5. The minimum absolute atomic E-state index is 0.193. The fourth-order valence-electron chi connectivity index (χ4n) is 5.08. The van der Waals surface area contributed by atoms with Crippen molar-refractivity contribution in [2.24, 2.45) is 11.8 Å². The van der Waals surface area contributed by atoms with Gasteiger partial charge >= 0.3 is 0 Å². The summed E-state index contributed by atoms with van der Waals surface area (Å²) in [5.41, 5.74) is 0.0255. The molecule has 1 aromatic heterocycles. The van der Waals surface area contributed by atoms with Crippen LogP contribution in [0.5, 0.6) is 5.75 Å². The number of hydrogen-bond donors (Lipinski definition) is 0. The van der Waals surface area contributed by atoms with Crippen LogP contribution in [0, 0.1) is 11.8 Å². The molecule has 1 aromatic carbocycles. The van der Waals surface area contributed by atoms with Crippen molar-refractivity contribution in [1.82, 2.24) is 4.98 Å². The molecule has 0 saturated carbocycles. The number of carbonyl (C=O) groups is 2. The molecule has 2 aromatic rings. The Morgan fingerprint density at radius 2 is 1.81 bits per heavy atom. The molecule has 0 N–H and O–H groups in total. The Morgan fingerprint density at radius 1 is 1.15 bits per heavy atom. The van der Waals surface area contributed by atoms with Crippen LogP contribution in [0.2, 0.25) is 0 Å². The van der Waals surface area contributed by atoms with Gasteiger partial charge in [-0.25, -0.2) is 9.88 Å². The molecule has 4 atom stereocenters. The van der Waals surface area contributed by atoms with E-state index in [0.717, 1.165) is 12.8 Å². The third kappa shape index (κ3) is 2.03. The van der Waals surface area contributed by atoms with Crippen LogP contribution in [0.3, 0.4) is 0 Å². The number of anilines is 1. The maximum absolute atomic E-state index is 13.2. The number of nitrogens with zero attached hydrogens (tertiary/aromatic N) is 2. The summed E-state index contributed by atoms with van der Waals surface area (Å²) in [5, 5.41) is 0. The van der Waals surface area contributed by atoms with Gasteiger partial charge in [0, 0.05) is 6.07 Å². The Hall–Kier alpha value is -2.67. The average molecular weight is 368 g/mol. The van der Waals surface area contributed by atoms with Crippen molar-refractivity contribution < 1.29 is 23.5 Å². The zero-order valence-corrected chi connectivity index (χ0v) is 15.4. The number of imide groups is 1. The number of carbonyl (C=O) groups excluding carboxylic acids is 2. The van der Waals surface area contributed by atoms with Crippen molar-refractivity contribution in [3.8, 4) is 17.2 Å². The normalized spacial score (nSPS) is 34.4. The highest BCUT2D eigenvalue weighted by Gasteiger charge is 2.72. The van der Waals surface area contributed by atoms with Crippen molar-refractivity contribution in [3.05, 3.63) is 30.7 Å². The fraction of sp³-hybridized carbons (Fsp3) is 0.450. The number of oxazole rings is 1. The van der Waals surface area contributed by atoms with Gasteiger partial charge in [0.05, 0.1) is 47.6 Å². The van der Waals surface area contributed by atoms with E-state index in [-0.39, 0.29) is 11.8 Å². The van der Waals surface area contributed by atoms with Gasteiger partial charge < -0.3 is 13.9 Å². The number of rotatable bonds is 3. The minimum Gasteiger partial charge on any atom is -0.496 e. The second-order valence-electron chi connectivity index (χ2n) is 7.92. The minimum atomic E-state index is -0.566. The van der Waals surface area contributed by atoms with E-state index in [0.29, 0.717) is 22.9 Å². The first-order valence-corrected chi connectivity index (χ1v) is 9.04. The number of benzene rings is 1. The van der Waals surface area contributed by atoms with E-state index < -0.39 is 23.0 Å². The number of aromatic nitrogens is 1. The van der Waals surface area contributed by atoms with Crippen LogP contribution in [-0.4, -0.2) is 35.1 Å². The third-order valence-corrected chi connectivity index (χ3v) is 6.31. The number of amides is 2. The zero-order chi connectivity index (χ0) is 19.0. The van der Waals surface area contributed by atoms with E-state index in [1.54, 1.807) is 24.4 Å². The van der Waals surface area contributed by atoms with Crippen LogP contribution in [-0.2, 0) is 14.3 Å². The van der Waals surface area contributed by atoms with Crippen LogP contribution in [0.25, 0.3) is 11.5 Å². The predicted molar refractivity (Wildman–Crippen MR) is 95.1 cm³/mol. The second kappa shape index (κ2) is 5.19. The Bertz CT molecular complexity index is 921. The fourth-order valence-corrected chi connectivity index (χ4v) is 5.08. The molecule has 1 unspecified atom stereocenters. The first-order valence-electron chi connectivity index (χ1n) is 9.04. The Kier molecular flexibility index (Phi) is 3.17. The zero-order valence-electron chi connectivity index (χ0n) is 15.4. The van der Waals surface area contributed by atoms with Gasteiger partial charge in [0.2, 0.25) is 17.7 Å². The smallest absolute Gasteiger partial charge is 0.240 e. The van der Waals surface area contributed by atoms with Gasteiger partial charge in [-0.1, -0.05) is 0 Å². The molecule has 2 bridgehead atoms. The van der Waals surface area contributed by atoms with Crippen molar-refractivity contribution >= 4 is 17.5 Å². The van der Waals surface area contributed by atoms with Gasteiger partial charge in [-0.15, -0.1) is 0 Å². The summed E-state index contributed by atoms with van der Waals surface area (Å²) >= 11 is 0. The molecule has 0 spiro atoms. The molecule has 3 aliphatic heterocycles. The highest BCUT2D eigenvalue weighted by Crippen LogP contribution is 2.61. The van der Waals surface area contributed by atoms with Gasteiger partial charge in [0.1, 0.15) is 12.0 Å². The van der Waals surface area contributed by atoms with E-state index in [9.17, 15) is 9.59 Å². The molecule has 27 heavy (non-hydrogen) atoms. The lowest BCUT2D eigenvalue weighted by atomic mass is 9.69. The molecule has 0 radical (unpaired) electrons. The molecule has 140 valence electrons. The molecule has 4 heterocycles. The summed E-state index contributed by atoms with van der Waals surface area (Å²) in [5.74, 6) is -0.337. The predicted octanol–water partition coefficient (Wildman–Crippen LogP) is 2.80. The summed E-state index contributed by atoms with van der Waals surface area (Å²) in [6.45, 7) is 3.90. The molecule has 7 heteroatoms. The van der Waals surface area contributed by atoms with Crippen LogP contribution in [0.15, 0.2) is 35.1 Å². The summed E-state index contributed by atoms with van der Waals surface area (Å²) in [4.78, 5) is 31.8. The highest BCUT2D eigenvalue weighted by molar-refractivity contribution is 6.23. The lowest BCUT2D eigenvalue weighted by Crippen LogP contribution is -2.40. The molecule has 0 aliphatic carbocycles. The number of ether oxygens (including phenoxy) is 2. The molecular weight excluding hydrogens is 348 g/mol. The van der Waals surface area contributed by atoms with Crippen LogP contribution >= 0.6 is 0 Å². The van der Waals surface area contributed by atoms with Crippen LogP contribution < -0.4 is 9.64 Å². The van der Waals surface area contributed by atoms with Crippen molar-refractivity contribution in [2.75, 3.05) is 12.0 Å².